The van der Waals surface area contributed by atoms with Crippen molar-refractivity contribution in [2.45, 2.75) is 25.7 Å². The summed E-state index contributed by atoms with van der Waals surface area (Å²) in [6, 6.07) is 0. The van der Waals surface area contributed by atoms with Crippen LogP contribution in [0.3, 0.4) is 0 Å². The van der Waals surface area contributed by atoms with Gasteiger partial charge in [-0.05, 0) is 30.9 Å². The van der Waals surface area contributed by atoms with Crippen molar-refractivity contribution in [1.29, 1.82) is 0 Å². The molecule has 0 aromatic carbocycles. The number of fused-ring (bicyclic) bond motifs is 1. The van der Waals surface area contributed by atoms with Crippen molar-refractivity contribution >= 4 is 0 Å². The minimum atomic E-state index is 0.525. The van der Waals surface area contributed by atoms with E-state index >= 15 is 0 Å². The third-order valence-electron chi connectivity index (χ3n) is 3.27. The Hall–Kier alpha value is -0.830. The Balaban J connectivity index is 2.40. The van der Waals surface area contributed by atoms with Gasteiger partial charge in [0.05, 0.1) is 6.20 Å². The first kappa shape index (κ1) is 8.75. The molecule has 1 heterocycles. The summed E-state index contributed by atoms with van der Waals surface area (Å²) in [5, 5.41) is 4.29. The normalized spacial score (nSPS) is 27.3. The SMILES string of the molecule is CC1CCc2c(cnn2C)C1CN. The van der Waals surface area contributed by atoms with Gasteiger partial charge in [-0.3, -0.25) is 4.68 Å². The van der Waals surface area contributed by atoms with E-state index in [-0.39, 0.29) is 0 Å². The lowest BCUT2D eigenvalue weighted by atomic mass is 9.79. The molecule has 0 saturated heterocycles. The highest BCUT2D eigenvalue weighted by molar-refractivity contribution is 5.26. The first-order chi connectivity index (χ1) is 6.24. The maximum Gasteiger partial charge on any atom is 0.0527 e. The Morgan fingerprint density at radius 1 is 1.69 bits per heavy atom. The van der Waals surface area contributed by atoms with E-state index in [1.165, 1.54) is 17.7 Å². The van der Waals surface area contributed by atoms with Gasteiger partial charge in [0, 0.05) is 18.7 Å². The monoisotopic (exact) mass is 179 g/mol. The maximum atomic E-state index is 5.78. The molecule has 2 N–H and O–H groups in total. The molecule has 1 aromatic heterocycles. The van der Waals surface area contributed by atoms with Crippen LogP contribution in [0.2, 0.25) is 0 Å². The summed E-state index contributed by atoms with van der Waals surface area (Å²) < 4.78 is 1.99. The minimum Gasteiger partial charge on any atom is -0.330 e. The largest absolute Gasteiger partial charge is 0.330 e. The highest BCUT2D eigenvalue weighted by Crippen LogP contribution is 2.34. The molecule has 0 bridgehead atoms. The van der Waals surface area contributed by atoms with E-state index in [1.807, 2.05) is 17.9 Å². The van der Waals surface area contributed by atoms with Crippen molar-refractivity contribution in [3.05, 3.63) is 17.5 Å². The molecule has 0 spiro atoms. The van der Waals surface area contributed by atoms with Crippen LogP contribution in [-0.2, 0) is 13.5 Å². The molecule has 1 aliphatic rings. The van der Waals surface area contributed by atoms with Crippen LogP contribution in [-0.4, -0.2) is 16.3 Å². The van der Waals surface area contributed by atoms with Crippen LogP contribution in [0.15, 0.2) is 6.20 Å². The van der Waals surface area contributed by atoms with Crippen molar-refractivity contribution < 1.29 is 0 Å². The summed E-state index contributed by atoms with van der Waals surface area (Å²) in [6.07, 6.45) is 4.39. The van der Waals surface area contributed by atoms with Crippen LogP contribution in [0, 0.1) is 5.92 Å². The number of aromatic nitrogens is 2. The van der Waals surface area contributed by atoms with Gasteiger partial charge in [-0.1, -0.05) is 6.92 Å². The predicted molar refractivity (Wildman–Crippen MR) is 52.5 cm³/mol. The van der Waals surface area contributed by atoms with Crippen LogP contribution in [0.1, 0.15) is 30.5 Å². The second kappa shape index (κ2) is 3.14. The molecule has 0 amide bonds. The van der Waals surface area contributed by atoms with E-state index < -0.39 is 0 Å². The van der Waals surface area contributed by atoms with Crippen LogP contribution in [0.5, 0.6) is 0 Å². The molecule has 0 fully saturated rings. The first-order valence-corrected chi connectivity index (χ1v) is 4.95. The third-order valence-corrected chi connectivity index (χ3v) is 3.27. The average Bonchev–Trinajstić information content (AvgIpc) is 2.48. The molecule has 3 heteroatoms. The summed E-state index contributed by atoms with van der Waals surface area (Å²) >= 11 is 0. The van der Waals surface area contributed by atoms with Crippen molar-refractivity contribution in [2.75, 3.05) is 6.54 Å². The van der Waals surface area contributed by atoms with E-state index in [1.54, 1.807) is 0 Å². The number of hydrogen-bond acceptors (Lipinski definition) is 2. The highest BCUT2D eigenvalue weighted by atomic mass is 15.3. The zero-order chi connectivity index (χ0) is 9.42. The van der Waals surface area contributed by atoms with Gasteiger partial charge < -0.3 is 5.73 Å². The number of aryl methyl sites for hydroxylation is 1. The van der Waals surface area contributed by atoms with Crippen LogP contribution in [0.25, 0.3) is 0 Å². The summed E-state index contributed by atoms with van der Waals surface area (Å²) in [7, 11) is 2.02. The second-order valence-electron chi connectivity index (χ2n) is 4.03. The molecule has 3 nitrogen and oxygen atoms in total. The lowest BCUT2D eigenvalue weighted by Gasteiger charge is -2.27. The Bertz CT molecular complexity index is 303. The summed E-state index contributed by atoms with van der Waals surface area (Å²) in [6.45, 7) is 3.04. The summed E-state index contributed by atoms with van der Waals surface area (Å²) in [5.74, 6) is 1.24. The van der Waals surface area contributed by atoms with Crippen molar-refractivity contribution in [2.24, 2.45) is 18.7 Å². The van der Waals surface area contributed by atoms with Crippen LogP contribution < -0.4 is 5.73 Å². The fraction of sp³-hybridized carbons (Fsp3) is 0.700. The van der Waals surface area contributed by atoms with Crippen LogP contribution >= 0.6 is 0 Å². The molecular weight excluding hydrogens is 162 g/mol. The molecule has 13 heavy (non-hydrogen) atoms. The molecule has 1 aromatic rings. The molecule has 1 aliphatic carbocycles. The fourth-order valence-corrected chi connectivity index (χ4v) is 2.33. The number of nitrogens with two attached hydrogens (primary N) is 1. The van der Waals surface area contributed by atoms with E-state index in [2.05, 4.69) is 12.0 Å². The molecule has 2 unspecified atom stereocenters. The second-order valence-corrected chi connectivity index (χ2v) is 4.03. The fourth-order valence-electron chi connectivity index (χ4n) is 2.33. The topological polar surface area (TPSA) is 43.8 Å². The molecule has 0 radical (unpaired) electrons. The van der Waals surface area contributed by atoms with Gasteiger partial charge >= 0.3 is 0 Å². The lowest BCUT2D eigenvalue weighted by Crippen LogP contribution is -2.25. The van der Waals surface area contributed by atoms with Crippen LogP contribution in [0.4, 0.5) is 0 Å². The van der Waals surface area contributed by atoms with Crippen molar-refractivity contribution in [1.82, 2.24) is 9.78 Å². The molecule has 0 aliphatic heterocycles. The van der Waals surface area contributed by atoms with Gasteiger partial charge in [0.15, 0.2) is 0 Å². The average molecular weight is 179 g/mol. The summed E-state index contributed by atoms with van der Waals surface area (Å²) in [5.41, 5.74) is 8.54. The Kier molecular flexibility index (Phi) is 2.12. The molecule has 2 atom stereocenters. The first-order valence-electron chi connectivity index (χ1n) is 4.95. The zero-order valence-corrected chi connectivity index (χ0v) is 8.33. The zero-order valence-electron chi connectivity index (χ0n) is 8.33. The molecule has 2 rings (SSSR count). The molecule has 72 valence electrons. The molecule has 0 saturated carbocycles. The van der Waals surface area contributed by atoms with E-state index in [4.69, 9.17) is 5.73 Å². The lowest BCUT2D eigenvalue weighted by molar-refractivity contribution is 0.401. The van der Waals surface area contributed by atoms with E-state index in [0.717, 1.165) is 13.0 Å². The number of rotatable bonds is 1. The predicted octanol–water partition coefficient (Wildman–Crippen LogP) is 1.04. The van der Waals surface area contributed by atoms with Crippen molar-refractivity contribution in [3.8, 4) is 0 Å². The Labute approximate surface area is 78.9 Å². The smallest absolute Gasteiger partial charge is 0.0527 e. The van der Waals surface area contributed by atoms with Gasteiger partial charge in [-0.25, -0.2) is 0 Å². The number of nitrogens with zero attached hydrogens (tertiary/aromatic N) is 2. The van der Waals surface area contributed by atoms with E-state index in [9.17, 15) is 0 Å². The molecular formula is C10H17N3. The van der Waals surface area contributed by atoms with Gasteiger partial charge in [-0.15, -0.1) is 0 Å². The summed E-state index contributed by atoms with van der Waals surface area (Å²) in [4.78, 5) is 0. The highest BCUT2D eigenvalue weighted by Gasteiger charge is 2.27. The van der Waals surface area contributed by atoms with Gasteiger partial charge in [-0.2, -0.15) is 5.10 Å². The minimum absolute atomic E-state index is 0.525. The quantitative estimate of drug-likeness (QED) is 0.700. The van der Waals surface area contributed by atoms with Crippen molar-refractivity contribution in [3.63, 3.8) is 0 Å². The third kappa shape index (κ3) is 1.27. The Morgan fingerprint density at radius 2 is 2.46 bits per heavy atom. The maximum absolute atomic E-state index is 5.78. The van der Waals surface area contributed by atoms with Gasteiger partial charge in [0.25, 0.3) is 0 Å². The number of hydrogen-bond donors (Lipinski definition) is 1. The van der Waals surface area contributed by atoms with Gasteiger partial charge in [0.2, 0.25) is 0 Å². The van der Waals surface area contributed by atoms with E-state index in [0.29, 0.717) is 11.8 Å². The van der Waals surface area contributed by atoms with Gasteiger partial charge in [0.1, 0.15) is 0 Å². The Morgan fingerprint density at radius 3 is 3.15 bits per heavy atom. The standard InChI is InChI=1S/C10H17N3/c1-7-3-4-10-9(8(7)5-11)6-12-13(10)2/h6-8H,3-5,11H2,1-2H3.